The zero-order valence-electron chi connectivity index (χ0n) is 8.16. The minimum atomic E-state index is -0.724. The molecule has 2 N–H and O–H groups in total. The maximum Gasteiger partial charge on any atom is 0.316 e. The highest BCUT2D eigenvalue weighted by atomic mass is 19.1. The number of amides is 2. The van der Waals surface area contributed by atoms with Crippen molar-refractivity contribution < 1.29 is 14.0 Å². The molecule has 1 saturated heterocycles. The van der Waals surface area contributed by atoms with Crippen molar-refractivity contribution in [2.45, 2.75) is 6.54 Å². The van der Waals surface area contributed by atoms with Crippen LogP contribution in [0, 0.1) is 5.82 Å². The summed E-state index contributed by atoms with van der Waals surface area (Å²) in [6, 6.07) is 5.80. The van der Waals surface area contributed by atoms with E-state index < -0.39 is 11.8 Å². The predicted octanol–water partition coefficient (Wildman–Crippen LogP) is -0.0723. The number of rotatable bonds is 2. The van der Waals surface area contributed by atoms with Crippen LogP contribution in [0.3, 0.4) is 0 Å². The fourth-order valence-corrected chi connectivity index (χ4v) is 1.20. The van der Waals surface area contributed by atoms with Crippen LogP contribution >= 0.6 is 0 Å². The van der Waals surface area contributed by atoms with Crippen molar-refractivity contribution in [2.75, 3.05) is 0 Å². The number of guanidine groups is 1. The molecule has 1 aromatic rings. The van der Waals surface area contributed by atoms with E-state index in [1.165, 1.54) is 12.1 Å². The first-order valence-corrected chi connectivity index (χ1v) is 4.56. The standard InChI is InChI=1S/C10H8FN3O2/c11-7-3-1-6(2-4-7)5-12-10-13-8(15)9(16)14-10/h1-4H,5H2,(H2,12,13,14,15,16). The van der Waals surface area contributed by atoms with Crippen LogP contribution in [-0.4, -0.2) is 17.8 Å². The molecule has 0 aromatic heterocycles. The number of hydrogen-bond acceptors (Lipinski definition) is 3. The smallest absolute Gasteiger partial charge is 0.288 e. The van der Waals surface area contributed by atoms with Crippen LogP contribution in [0.1, 0.15) is 5.56 Å². The lowest BCUT2D eigenvalue weighted by molar-refractivity contribution is -0.135. The van der Waals surface area contributed by atoms with E-state index in [0.29, 0.717) is 0 Å². The maximum atomic E-state index is 12.6. The van der Waals surface area contributed by atoms with Gasteiger partial charge in [-0.3, -0.25) is 20.2 Å². The molecule has 0 radical (unpaired) electrons. The third-order valence-corrected chi connectivity index (χ3v) is 2.00. The zero-order valence-corrected chi connectivity index (χ0v) is 8.16. The van der Waals surface area contributed by atoms with E-state index in [-0.39, 0.29) is 18.3 Å². The summed E-state index contributed by atoms with van der Waals surface area (Å²) < 4.78 is 12.6. The zero-order chi connectivity index (χ0) is 11.5. The molecule has 0 atom stereocenters. The van der Waals surface area contributed by atoms with E-state index in [4.69, 9.17) is 0 Å². The minimum Gasteiger partial charge on any atom is -0.288 e. The summed E-state index contributed by atoms with van der Waals surface area (Å²) in [7, 11) is 0. The second kappa shape index (κ2) is 4.09. The Morgan fingerprint density at radius 3 is 2.19 bits per heavy atom. The van der Waals surface area contributed by atoms with Crippen molar-refractivity contribution in [1.29, 1.82) is 0 Å². The van der Waals surface area contributed by atoms with Gasteiger partial charge in [-0.05, 0) is 17.7 Å². The predicted molar refractivity (Wildman–Crippen MR) is 53.8 cm³/mol. The second-order valence-electron chi connectivity index (χ2n) is 3.20. The third-order valence-electron chi connectivity index (χ3n) is 2.00. The summed E-state index contributed by atoms with van der Waals surface area (Å²) in [5.41, 5.74) is 0.782. The first-order valence-electron chi connectivity index (χ1n) is 4.56. The minimum absolute atomic E-state index is 0.124. The molecule has 0 bridgehead atoms. The number of carbonyl (C=O) groups excluding carboxylic acids is 2. The quantitative estimate of drug-likeness (QED) is 0.686. The van der Waals surface area contributed by atoms with E-state index in [2.05, 4.69) is 15.6 Å². The van der Waals surface area contributed by atoms with Crippen molar-refractivity contribution in [3.63, 3.8) is 0 Å². The molecule has 0 saturated carbocycles. The number of aliphatic imine (C=N–C) groups is 1. The van der Waals surface area contributed by atoms with Gasteiger partial charge >= 0.3 is 11.8 Å². The van der Waals surface area contributed by atoms with E-state index in [9.17, 15) is 14.0 Å². The Labute approximate surface area is 90.4 Å². The summed E-state index contributed by atoms with van der Waals surface area (Å²) in [6.07, 6.45) is 0. The van der Waals surface area contributed by atoms with Crippen LogP contribution in [0.15, 0.2) is 29.3 Å². The van der Waals surface area contributed by atoms with Gasteiger partial charge in [-0.25, -0.2) is 9.38 Å². The molecule has 1 aromatic carbocycles. The summed E-state index contributed by atoms with van der Waals surface area (Å²) in [5.74, 6) is -1.64. The highest BCUT2D eigenvalue weighted by molar-refractivity contribution is 6.45. The summed E-state index contributed by atoms with van der Waals surface area (Å²) in [4.78, 5) is 25.5. The normalized spacial score (nSPS) is 14.7. The Balaban J connectivity index is 2.02. The fourth-order valence-electron chi connectivity index (χ4n) is 1.20. The van der Waals surface area contributed by atoms with Crippen molar-refractivity contribution in [3.05, 3.63) is 35.6 Å². The van der Waals surface area contributed by atoms with Gasteiger partial charge in [-0.1, -0.05) is 12.1 Å². The second-order valence-corrected chi connectivity index (χ2v) is 3.20. The van der Waals surface area contributed by atoms with E-state index >= 15 is 0 Å². The molecule has 6 heteroatoms. The average Bonchev–Trinajstić information content (AvgIpc) is 2.58. The number of carbonyl (C=O) groups is 2. The first kappa shape index (κ1) is 10.3. The van der Waals surface area contributed by atoms with Gasteiger partial charge in [-0.15, -0.1) is 0 Å². The van der Waals surface area contributed by atoms with Crippen LogP contribution in [-0.2, 0) is 16.1 Å². The molecule has 0 spiro atoms. The molecular weight excluding hydrogens is 213 g/mol. The molecule has 1 heterocycles. The van der Waals surface area contributed by atoms with Crippen molar-refractivity contribution in [2.24, 2.45) is 4.99 Å². The molecule has 1 aliphatic heterocycles. The molecule has 0 aliphatic carbocycles. The summed E-state index contributed by atoms with van der Waals surface area (Å²) in [6.45, 7) is 0.260. The Morgan fingerprint density at radius 2 is 1.62 bits per heavy atom. The highest BCUT2D eigenvalue weighted by Crippen LogP contribution is 2.04. The highest BCUT2D eigenvalue weighted by Gasteiger charge is 2.24. The maximum absolute atomic E-state index is 12.6. The van der Waals surface area contributed by atoms with Gasteiger partial charge in [0.2, 0.25) is 5.96 Å². The Hall–Kier alpha value is -2.24. The van der Waals surface area contributed by atoms with Crippen molar-refractivity contribution in [1.82, 2.24) is 10.6 Å². The lowest BCUT2D eigenvalue weighted by atomic mass is 10.2. The van der Waals surface area contributed by atoms with Gasteiger partial charge in [0.15, 0.2) is 0 Å². The average molecular weight is 221 g/mol. The van der Waals surface area contributed by atoms with Crippen LogP contribution in [0.5, 0.6) is 0 Å². The van der Waals surface area contributed by atoms with Crippen molar-refractivity contribution >= 4 is 17.8 Å². The molecule has 0 unspecified atom stereocenters. The SMILES string of the molecule is O=C1NC(=NCc2ccc(F)cc2)NC1=O. The van der Waals surface area contributed by atoms with Gasteiger partial charge in [-0.2, -0.15) is 0 Å². The van der Waals surface area contributed by atoms with Gasteiger partial charge in [0.1, 0.15) is 5.82 Å². The topological polar surface area (TPSA) is 70.6 Å². The Kier molecular flexibility index (Phi) is 2.63. The van der Waals surface area contributed by atoms with Gasteiger partial charge < -0.3 is 0 Å². The lowest BCUT2D eigenvalue weighted by Crippen LogP contribution is -2.25. The van der Waals surface area contributed by atoms with Crippen LogP contribution in [0.2, 0.25) is 0 Å². The van der Waals surface area contributed by atoms with Crippen molar-refractivity contribution in [3.8, 4) is 0 Å². The summed E-state index contributed by atoms with van der Waals surface area (Å²) in [5, 5.41) is 4.52. The molecule has 82 valence electrons. The summed E-state index contributed by atoms with van der Waals surface area (Å²) >= 11 is 0. The van der Waals surface area contributed by atoms with Crippen LogP contribution in [0.4, 0.5) is 4.39 Å². The molecule has 5 nitrogen and oxygen atoms in total. The third kappa shape index (κ3) is 2.22. The molecule has 2 amide bonds. The first-order chi connectivity index (χ1) is 7.65. The Bertz CT molecular complexity index is 449. The molecule has 16 heavy (non-hydrogen) atoms. The molecule has 1 fully saturated rings. The Morgan fingerprint density at radius 1 is 1.06 bits per heavy atom. The molecular formula is C10H8FN3O2. The molecule has 2 rings (SSSR count). The number of nitrogens with zero attached hydrogens (tertiary/aromatic N) is 1. The van der Waals surface area contributed by atoms with E-state index in [1.807, 2.05) is 0 Å². The number of nitrogens with one attached hydrogen (secondary N) is 2. The van der Waals surface area contributed by atoms with Crippen LogP contribution < -0.4 is 10.6 Å². The van der Waals surface area contributed by atoms with Gasteiger partial charge in [0, 0.05) is 0 Å². The lowest BCUT2D eigenvalue weighted by Gasteiger charge is -1.98. The number of halogens is 1. The van der Waals surface area contributed by atoms with Crippen LogP contribution in [0.25, 0.3) is 0 Å². The largest absolute Gasteiger partial charge is 0.316 e. The fraction of sp³-hybridized carbons (Fsp3) is 0.100. The van der Waals surface area contributed by atoms with E-state index in [1.54, 1.807) is 12.1 Å². The van der Waals surface area contributed by atoms with Gasteiger partial charge in [0.05, 0.1) is 6.54 Å². The monoisotopic (exact) mass is 221 g/mol. The number of benzene rings is 1. The van der Waals surface area contributed by atoms with E-state index in [0.717, 1.165) is 5.56 Å². The number of hydrogen-bond donors (Lipinski definition) is 2. The van der Waals surface area contributed by atoms with Gasteiger partial charge in [0.25, 0.3) is 0 Å². The molecule has 1 aliphatic rings.